The molecule has 31 heavy (non-hydrogen) atoms. The van der Waals surface area contributed by atoms with Crippen LogP contribution in [0.1, 0.15) is 80.3 Å². The van der Waals surface area contributed by atoms with Crippen molar-refractivity contribution < 1.29 is 9.59 Å². The van der Waals surface area contributed by atoms with Gasteiger partial charge in [-0.05, 0) is 61.6 Å². The van der Waals surface area contributed by atoms with Gasteiger partial charge < -0.3 is 0 Å². The fourth-order valence-corrected chi connectivity index (χ4v) is 6.38. The Balaban J connectivity index is 1.44. The lowest BCUT2D eigenvalue weighted by atomic mass is 9.84. The molecule has 1 aliphatic carbocycles. The molecule has 1 saturated carbocycles. The molecule has 4 heteroatoms. The van der Waals surface area contributed by atoms with Crippen LogP contribution >= 0.6 is 11.3 Å². The SMILES string of the molecule is CC(=O)C1CCCCC(C(=O)CN2CCc3sccc3C2c2ccccc2)CCCC1. The molecule has 0 spiro atoms. The molecule has 1 unspecified atom stereocenters. The monoisotopic (exact) mass is 437 g/mol. The molecule has 1 aromatic carbocycles. The molecule has 1 aliphatic heterocycles. The Labute approximate surface area is 190 Å². The van der Waals surface area contributed by atoms with Crippen molar-refractivity contribution in [2.24, 2.45) is 11.8 Å². The average Bonchev–Trinajstić information content (AvgIpc) is 3.26. The van der Waals surface area contributed by atoms with Crippen molar-refractivity contribution in [3.8, 4) is 0 Å². The number of hydrogen-bond donors (Lipinski definition) is 0. The standard InChI is InChI=1S/C27H35NO2S/c1-20(29)21-9-5-7-11-22(12-8-6-10-21)25(30)19-28-17-15-26-24(16-18-31-26)27(28)23-13-3-2-4-14-23/h2-4,13-14,16,18,21-22,27H,5-12,15,17,19H2,1H3. The van der Waals surface area contributed by atoms with Crippen LogP contribution in [0, 0.1) is 11.8 Å². The Morgan fingerprint density at radius 1 is 0.935 bits per heavy atom. The van der Waals surface area contributed by atoms with Gasteiger partial charge >= 0.3 is 0 Å². The van der Waals surface area contributed by atoms with Crippen LogP contribution in [0.4, 0.5) is 0 Å². The van der Waals surface area contributed by atoms with Gasteiger partial charge in [0.15, 0.2) is 0 Å². The number of rotatable bonds is 5. The second kappa shape index (κ2) is 10.7. The molecule has 0 amide bonds. The number of nitrogens with zero attached hydrogens (tertiary/aromatic N) is 1. The van der Waals surface area contributed by atoms with E-state index in [0.29, 0.717) is 18.1 Å². The maximum Gasteiger partial charge on any atom is 0.149 e. The first-order valence-corrected chi connectivity index (χ1v) is 12.9. The molecule has 1 atom stereocenters. The van der Waals surface area contributed by atoms with Crippen molar-refractivity contribution in [3.63, 3.8) is 0 Å². The number of carbonyl (C=O) groups excluding carboxylic acids is 2. The highest BCUT2D eigenvalue weighted by Gasteiger charge is 2.32. The highest BCUT2D eigenvalue weighted by atomic mass is 32.1. The van der Waals surface area contributed by atoms with Gasteiger partial charge in [0.2, 0.25) is 0 Å². The summed E-state index contributed by atoms with van der Waals surface area (Å²) in [7, 11) is 0. The number of hydrogen-bond acceptors (Lipinski definition) is 4. The second-order valence-electron chi connectivity index (χ2n) is 9.37. The van der Waals surface area contributed by atoms with E-state index >= 15 is 0 Å². The first kappa shape index (κ1) is 22.4. The summed E-state index contributed by atoms with van der Waals surface area (Å²) < 4.78 is 0. The predicted octanol–water partition coefficient (Wildman–Crippen LogP) is 6.22. The molecule has 2 aliphatic rings. The van der Waals surface area contributed by atoms with Crippen LogP contribution in [0.2, 0.25) is 0 Å². The highest BCUT2D eigenvalue weighted by Crippen LogP contribution is 2.38. The fraction of sp³-hybridized carbons (Fsp3) is 0.556. The molecule has 3 nitrogen and oxygen atoms in total. The minimum absolute atomic E-state index is 0.175. The molecule has 4 rings (SSSR count). The van der Waals surface area contributed by atoms with Crippen molar-refractivity contribution in [1.82, 2.24) is 4.90 Å². The van der Waals surface area contributed by atoms with E-state index in [2.05, 4.69) is 46.7 Å². The van der Waals surface area contributed by atoms with E-state index in [4.69, 9.17) is 0 Å². The van der Waals surface area contributed by atoms with Crippen LogP contribution in [0.3, 0.4) is 0 Å². The predicted molar refractivity (Wildman–Crippen MR) is 127 cm³/mol. The molecule has 1 fully saturated rings. The topological polar surface area (TPSA) is 37.4 Å². The molecule has 0 bridgehead atoms. The zero-order valence-electron chi connectivity index (χ0n) is 18.7. The maximum atomic E-state index is 13.4. The third-order valence-electron chi connectivity index (χ3n) is 7.28. The molecule has 0 N–H and O–H groups in total. The number of fused-ring (bicyclic) bond motifs is 1. The van der Waals surface area contributed by atoms with Crippen molar-refractivity contribution in [1.29, 1.82) is 0 Å². The summed E-state index contributed by atoms with van der Waals surface area (Å²) in [6, 6.07) is 13.1. The van der Waals surface area contributed by atoms with Gasteiger partial charge in [-0.1, -0.05) is 56.0 Å². The van der Waals surface area contributed by atoms with Crippen molar-refractivity contribution in [3.05, 3.63) is 57.8 Å². The van der Waals surface area contributed by atoms with Gasteiger partial charge in [0.25, 0.3) is 0 Å². The number of ketones is 2. The summed E-state index contributed by atoms with van der Waals surface area (Å²) in [5, 5.41) is 2.20. The van der Waals surface area contributed by atoms with E-state index in [1.54, 1.807) is 6.92 Å². The van der Waals surface area contributed by atoms with Crippen molar-refractivity contribution in [2.45, 2.75) is 70.8 Å². The van der Waals surface area contributed by atoms with Gasteiger partial charge in [0, 0.05) is 23.3 Å². The first-order valence-electron chi connectivity index (χ1n) is 12.0. The van der Waals surface area contributed by atoms with Crippen molar-refractivity contribution in [2.75, 3.05) is 13.1 Å². The Morgan fingerprint density at radius 2 is 1.58 bits per heavy atom. The molecule has 2 aromatic rings. The smallest absolute Gasteiger partial charge is 0.149 e. The first-order chi connectivity index (χ1) is 15.1. The zero-order valence-corrected chi connectivity index (χ0v) is 19.5. The van der Waals surface area contributed by atoms with E-state index in [1.165, 1.54) is 16.0 Å². The molecule has 0 saturated heterocycles. The molecule has 1 aromatic heterocycles. The van der Waals surface area contributed by atoms with E-state index in [9.17, 15) is 9.59 Å². The number of carbonyl (C=O) groups is 2. The average molecular weight is 438 g/mol. The minimum atomic E-state index is 0.175. The Hall–Kier alpha value is -1.78. The van der Waals surface area contributed by atoms with Gasteiger partial charge in [-0.25, -0.2) is 0 Å². The third-order valence-corrected chi connectivity index (χ3v) is 8.28. The van der Waals surface area contributed by atoms with Crippen LogP contribution in [0.25, 0.3) is 0 Å². The summed E-state index contributed by atoms with van der Waals surface area (Å²) in [5.41, 5.74) is 2.67. The van der Waals surface area contributed by atoms with Crippen LogP contribution < -0.4 is 0 Å². The third kappa shape index (κ3) is 5.53. The van der Waals surface area contributed by atoms with Gasteiger partial charge in [0.05, 0.1) is 12.6 Å². The lowest BCUT2D eigenvalue weighted by Gasteiger charge is -2.36. The molecule has 2 heterocycles. The molecule has 0 radical (unpaired) electrons. The van der Waals surface area contributed by atoms with E-state index in [-0.39, 0.29) is 17.9 Å². The quantitative estimate of drug-likeness (QED) is 0.557. The zero-order chi connectivity index (χ0) is 21.6. The Morgan fingerprint density at radius 3 is 2.23 bits per heavy atom. The Bertz CT molecular complexity index is 862. The Kier molecular flexibility index (Phi) is 7.73. The number of Topliss-reactive ketones (excluding diaryl/α,β-unsaturated/α-hetero) is 2. The van der Waals surface area contributed by atoms with Crippen molar-refractivity contribution >= 4 is 22.9 Å². The summed E-state index contributed by atoms with van der Waals surface area (Å²) >= 11 is 1.85. The number of benzene rings is 1. The van der Waals surface area contributed by atoms with Gasteiger partial charge in [-0.3, -0.25) is 14.5 Å². The van der Waals surface area contributed by atoms with Crippen LogP contribution in [0.15, 0.2) is 41.8 Å². The summed E-state index contributed by atoms with van der Waals surface area (Å²) in [6.07, 6.45) is 9.28. The second-order valence-corrected chi connectivity index (χ2v) is 10.4. The maximum absolute atomic E-state index is 13.4. The molecular weight excluding hydrogens is 402 g/mol. The lowest BCUT2D eigenvalue weighted by molar-refractivity contribution is -0.125. The van der Waals surface area contributed by atoms with E-state index in [1.807, 2.05) is 11.3 Å². The minimum Gasteiger partial charge on any atom is -0.300 e. The summed E-state index contributed by atoms with van der Waals surface area (Å²) in [5.74, 6) is 1.18. The fourth-order valence-electron chi connectivity index (χ4n) is 5.47. The van der Waals surface area contributed by atoms with Crippen LogP contribution in [0.5, 0.6) is 0 Å². The van der Waals surface area contributed by atoms with Crippen LogP contribution in [-0.2, 0) is 16.0 Å². The summed E-state index contributed by atoms with van der Waals surface area (Å²) in [6.45, 7) is 3.24. The van der Waals surface area contributed by atoms with E-state index < -0.39 is 0 Å². The van der Waals surface area contributed by atoms with Crippen LogP contribution in [-0.4, -0.2) is 29.6 Å². The largest absolute Gasteiger partial charge is 0.300 e. The molecular formula is C27H35NO2S. The summed E-state index contributed by atoms with van der Waals surface area (Å²) in [4.78, 5) is 29.1. The van der Waals surface area contributed by atoms with Gasteiger partial charge in [-0.2, -0.15) is 0 Å². The number of thiophene rings is 1. The normalized spacial score (nSPS) is 25.5. The highest BCUT2D eigenvalue weighted by molar-refractivity contribution is 7.10. The molecule has 166 valence electrons. The van der Waals surface area contributed by atoms with Gasteiger partial charge in [-0.15, -0.1) is 11.3 Å². The van der Waals surface area contributed by atoms with E-state index in [0.717, 1.165) is 64.3 Å². The van der Waals surface area contributed by atoms with Gasteiger partial charge in [0.1, 0.15) is 11.6 Å². The lowest BCUT2D eigenvalue weighted by Crippen LogP contribution is -2.40.